The second kappa shape index (κ2) is 68.2. The van der Waals surface area contributed by atoms with E-state index in [0.717, 1.165) is 108 Å². The molecule has 0 bridgehead atoms. The summed E-state index contributed by atoms with van der Waals surface area (Å²) in [7, 11) is -9.91. The Morgan fingerprint density at radius 3 is 0.724 bits per heavy atom. The van der Waals surface area contributed by atoms with E-state index in [-0.39, 0.29) is 25.7 Å². The predicted octanol–water partition coefficient (Wildman–Crippen LogP) is 23.2. The Morgan fingerprint density at radius 1 is 0.286 bits per heavy atom. The molecule has 0 fully saturated rings. The second-order valence-electron chi connectivity index (χ2n) is 30.1. The minimum atomic E-state index is -4.96. The number of ether oxygens (including phenoxy) is 4. The van der Waals surface area contributed by atoms with Gasteiger partial charge in [-0.1, -0.05) is 351 Å². The smallest absolute Gasteiger partial charge is 0.462 e. The summed E-state index contributed by atoms with van der Waals surface area (Å²) in [6, 6.07) is 0. The average molecular weight is 1440 g/mol. The summed E-state index contributed by atoms with van der Waals surface area (Å²) in [5, 5.41) is 10.6. The van der Waals surface area contributed by atoms with Crippen LogP contribution in [0.5, 0.6) is 0 Å². The Kier molecular flexibility index (Phi) is 66.8. The Hall–Kier alpha value is -1.94. The van der Waals surface area contributed by atoms with E-state index >= 15 is 0 Å². The van der Waals surface area contributed by atoms with E-state index < -0.39 is 97.5 Å². The molecule has 0 saturated heterocycles. The van der Waals surface area contributed by atoms with Gasteiger partial charge in [0.1, 0.15) is 19.3 Å². The number of unbranched alkanes of at least 4 members (excludes halogenated alkanes) is 41. The van der Waals surface area contributed by atoms with E-state index in [1.807, 2.05) is 0 Å². The van der Waals surface area contributed by atoms with Gasteiger partial charge in [-0.05, 0) is 49.4 Å². The summed E-state index contributed by atoms with van der Waals surface area (Å²) in [6.07, 6.45) is 54.5. The van der Waals surface area contributed by atoms with E-state index in [2.05, 4.69) is 55.4 Å². The first-order chi connectivity index (χ1) is 47.1. The molecule has 6 atom stereocenters. The Labute approximate surface area is 600 Å². The maximum atomic E-state index is 13.1. The molecule has 19 heteroatoms. The van der Waals surface area contributed by atoms with Gasteiger partial charge in [0, 0.05) is 25.7 Å². The van der Waals surface area contributed by atoms with Crippen molar-refractivity contribution in [2.75, 3.05) is 39.6 Å². The van der Waals surface area contributed by atoms with E-state index in [1.165, 1.54) is 199 Å². The summed E-state index contributed by atoms with van der Waals surface area (Å²) >= 11 is 0. The molecule has 0 aliphatic carbocycles. The molecular formula is C79H154O17P2. The molecule has 17 nitrogen and oxygen atoms in total. The van der Waals surface area contributed by atoms with Gasteiger partial charge in [0.15, 0.2) is 12.2 Å². The molecule has 0 radical (unpaired) electrons. The minimum absolute atomic E-state index is 0.102. The molecule has 0 heterocycles. The monoisotopic (exact) mass is 1440 g/mol. The fraction of sp³-hybridized carbons (Fsp3) is 0.949. The molecule has 0 spiro atoms. The number of aliphatic hydroxyl groups excluding tert-OH is 1. The first-order valence-corrected chi connectivity index (χ1v) is 43.7. The van der Waals surface area contributed by atoms with E-state index in [0.29, 0.717) is 37.5 Å². The maximum absolute atomic E-state index is 13.1. The van der Waals surface area contributed by atoms with Crippen LogP contribution in [0, 0.1) is 23.7 Å². The van der Waals surface area contributed by atoms with Crippen molar-refractivity contribution in [1.82, 2.24) is 0 Å². The van der Waals surface area contributed by atoms with Crippen molar-refractivity contribution in [3.8, 4) is 0 Å². The normalized spacial score (nSPS) is 14.3. The molecule has 0 aromatic carbocycles. The van der Waals surface area contributed by atoms with Gasteiger partial charge < -0.3 is 33.8 Å². The second-order valence-corrected chi connectivity index (χ2v) is 33.0. The molecule has 4 unspecified atom stereocenters. The van der Waals surface area contributed by atoms with Gasteiger partial charge in [-0.15, -0.1) is 0 Å². The first-order valence-electron chi connectivity index (χ1n) is 40.7. The number of phosphoric ester groups is 2. The summed E-state index contributed by atoms with van der Waals surface area (Å²) in [5.41, 5.74) is 0. The van der Waals surface area contributed by atoms with Crippen LogP contribution in [0.3, 0.4) is 0 Å². The van der Waals surface area contributed by atoms with Crippen LogP contribution in [0.15, 0.2) is 0 Å². The van der Waals surface area contributed by atoms with Crippen molar-refractivity contribution in [2.45, 2.75) is 420 Å². The van der Waals surface area contributed by atoms with Gasteiger partial charge >= 0.3 is 39.5 Å². The lowest BCUT2D eigenvalue weighted by Crippen LogP contribution is -2.30. The van der Waals surface area contributed by atoms with Gasteiger partial charge in [0.25, 0.3) is 0 Å². The van der Waals surface area contributed by atoms with Crippen molar-refractivity contribution < 1.29 is 80.2 Å². The summed E-state index contributed by atoms with van der Waals surface area (Å²) < 4.78 is 68.5. The van der Waals surface area contributed by atoms with Crippen molar-refractivity contribution in [2.24, 2.45) is 23.7 Å². The third-order valence-electron chi connectivity index (χ3n) is 18.7. The van der Waals surface area contributed by atoms with Gasteiger partial charge in [-0.25, -0.2) is 9.13 Å². The number of hydrogen-bond donors (Lipinski definition) is 3. The van der Waals surface area contributed by atoms with Gasteiger partial charge in [-0.2, -0.15) is 0 Å². The Balaban J connectivity index is 5.12. The maximum Gasteiger partial charge on any atom is 0.472 e. The summed E-state index contributed by atoms with van der Waals surface area (Å²) in [6.45, 7) is 14.2. The number of rotatable bonds is 76. The number of carbonyl (C=O) groups is 4. The quantitative estimate of drug-likeness (QED) is 0.0222. The summed E-state index contributed by atoms with van der Waals surface area (Å²) in [5.74, 6) is 0.921. The molecule has 98 heavy (non-hydrogen) atoms. The zero-order chi connectivity index (χ0) is 72.4. The molecule has 0 saturated carbocycles. The lowest BCUT2D eigenvalue weighted by molar-refractivity contribution is -0.161. The number of hydrogen-bond acceptors (Lipinski definition) is 15. The molecule has 0 aliphatic heterocycles. The largest absolute Gasteiger partial charge is 0.472 e. The van der Waals surface area contributed by atoms with Crippen LogP contribution in [0.1, 0.15) is 402 Å². The third kappa shape index (κ3) is 71.1. The van der Waals surface area contributed by atoms with Crippen LogP contribution in [-0.2, 0) is 65.4 Å². The topological polar surface area (TPSA) is 237 Å². The first kappa shape index (κ1) is 96.1. The molecule has 0 aliphatic rings. The average Bonchev–Trinajstić information content (AvgIpc) is 1.69. The molecular weight excluding hydrogens is 1280 g/mol. The van der Waals surface area contributed by atoms with E-state index in [1.54, 1.807) is 0 Å². The highest BCUT2D eigenvalue weighted by atomic mass is 31.2. The van der Waals surface area contributed by atoms with Crippen molar-refractivity contribution in [1.29, 1.82) is 0 Å². The van der Waals surface area contributed by atoms with Crippen molar-refractivity contribution in [3.05, 3.63) is 0 Å². The SMILES string of the molecule is CCC(C)CCCCCCCCCCCCCCCCCCCCC(=O)O[C@H](COC(=O)CCCCCCCCCC(C)C)COP(=O)(O)OCC(O)COP(=O)(O)OC[C@@H](COC(=O)CCCCCCCCCCCCCCCCC(C)C)OC(=O)CCCCCCCCC(C)C. The fourth-order valence-corrected chi connectivity index (χ4v) is 13.6. The van der Waals surface area contributed by atoms with Crippen LogP contribution < -0.4 is 0 Å². The van der Waals surface area contributed by atoms with Gasteiger partial charge in [-0.3, -0.25) is 37.3 Å². The van der Waals surface area contributed by atoms with Crippen LogP contribution in [0.4, 0.5) is 0 Å². The minimum Gasteiger partial charge on any atom is -0.462 e. The molecule has 3 N–H and O–H groups in total. The van der Waals surface area contributed by atoms with Gasteiger partial charge in [0.05, 0.1) is 26.4 Å². The molecule has 0 aromatic heterocycles. The predicted molar refractivity (Wildman–Crippen MR) is 400 cm³/mol. The number of phosphoric acid groups is 2. The zero-order valence-electron chi connectivity index (χ0n) is 64.4. The molecule has 0 aromatic rings. The fourth-order valence-electron chi connectivity index (χ4n) is 12.0. The molecule has 0 rings (SSSR count). The van der Waals surface area contributed by atoms with Crippen LogP contribution in [0.2, 0.25) is 0 Å². The summed E-state index contributed by atoms with van der Waals surface area (Å²) in [4.78, 5) is 72.8. The van der Waals surface area contributed by atoms with Crippen molar-refractivity contribution >= 4 is 39.5 Å². The van der Waals surface area contributed by atoms with Crippen molar-refractivity contribution in [3.63, 3.8) is 0 Å². The van der Waals surface area contributed by atoms with Crippen LogP contribution >= 0.6 is 15.6 Å². The van der Waals surface area contributed by atoms with E-state index in [4.69, 9.17) is 37.0 Å². The zero-order valence-corrected chi connectivity index (χ0v) is 66.2. The third-order valence-corrected chi connectivity index (χ3v) is 20.6. The van der Waals surface area contributed by atoms with Crippen LogP contribution in [-0.4, -0.2) is 96.7 Å². The number of carbonyl (C=O) groups excluding carboxylic acids is 4. The number of esters is 4. The van der Waals surface area contributed by atoms with Gasteiger partial charge in [0.2, 0.25) is 0 Å². The molecule has 582 valence electrons. The highest BCUT2D eigenvalue weighted by Crippen LogP contribution is 2.45. The lowest BCUT2D eigenvalue weighted by Gasteiger charge is -2.21. The highest BCUT2D eigenvalue weighted by Gasteiger charge is 2.30. The van der Waals surface area contributed by atoms with E-state index in [9.17, 15) is 43.2 Å². The standard InChI is InChI=1S/C79H154O17P2/c1-9-72(8)58-50-42-33-27-23-19-14-12-10-11-13-15-21-25-29-35-45-53-61-78(83)95-74(65-90-77(82)60-52-44-36-30-32-40-48-56-70(4)5)67-93-97(85,86)91-63-73(80)64-92-98(87,88)94-68-75(96-79(84)62-54-46-38-37-41-49-57-71(6)7)66-89-76(81)59-51-43-34-28-24-20-17-16-18-22-26-31-39-47-55-69(2)3/h69-75,80H,9-68H2,1-8H3,(H,85,86)(H,87,88)/t72?,73?,74-,75-/m1/s1. The Bertz CT molecular complexity index is 1920. The lowest BCUT2D eigenvalue weighted by atomic mass is 9.99. The molecule has 0 amide bonds. The number of aliphatic hydroxyl groups is 1. The highest BCUT2D eigenvalue weighted by molar-refractivity contribution is 7.47. The Morgan fingerprint density at radius 2 is 0.490 bits per heavy atom. The van der Waals surface area contributed by atoms with Crippen LogP contribution in [0.25, 0.3) is 0 Å².